The summed E-state index contributed by atoms with van der Waals surface area (Å²) in [5.41, 5.74) is 0.148. The lowest BCUT2D eigenvalue weighted by molar-refractivity contribution is -0.128. The number of aryl methyl sites for hydroxylation is 1. The van der Waals surface area contributed by atoms with Crippen LogP contribution in [0.4, 0.5) is 0 Å². The number of nitrogens with zero attached hydrogens (tertiary/aromatic N) is 2. The van der Waals surface area contributed by atoms with Crippen LogP contribution in [0.25, 0.3) is 10.9 Å². The summed E-state index contributed by atoms with van der Waals surface area (Å²) >= 11 is 0. The van der Waals surface area contributed by atoms with E-state index in [0.29, 0.717) is 17.8 Å². The van der Waals surface area contributed by atoms with E-state index in [0.717, 1.165) is 0 Å². The predicted molar refractivity (Wildman–Crippen MR) is 74.8 cm³/mol. The Morgan fingerprint density at radius 1 is 1.38 bits per heavy atom. The van der Waals surface area contributed by atoms with E-state index in [1.54, 1.807) is 13.0 Å². The SMILES string of the molecule is Cc1nc2ccc(O)cc2c(=O)n1C1CCC(=O)NC1O. The summed E-state index contributed by atoms with van der Waals surface area (Å²) in [4.78, 5) is 28.2. The van der Waals surface area contributed by atoms with E-state index in [4.69, 9.17) is 0 Å². The van der Waals surface area contributed by atoms with Gasteiger partial charge in [-0.2, -0.15) is 0 Å². The zero-order valence-corrected chi connectivity index (χ0v) is 11.4. The number of piperidine rings is 1. The summed E-state index contributed by atoms with van der Waals surface area (Å²) in [5, 5.41) is 22.2. The van der Waals surface area contributed by atoms with Crippen molar-refractivity contribution in [3.63, 3.8) is 0 Å². The molecule has 7 nitrogen and oxygen atoms in total. The van der Waals surface area contributed by atoms with Crippen molar-refractivity contribution < 1.29 is 15.0 Å². The van der Waals surface area contributed by atoms with E-state index < -0.39 is 12.3 Å². The Hall–Kier alpha value is -2.41. The molecule has 0 spiro atoms. The number of aromatic hydroxyl groups is 1. The average molecular weight is 289 g/mol. The number of phenols is 1. The molecule has 3 rings (SSSR count). The highest BCUT2D eigenvalue weighted by Crippen LogP contribution is 2.23. The minimum atomic E-state index is -1.13. The molecule has 1 aromatic carbocycles. The van der Waals surface area contributed by atoms with E-state index in [2.05, 4.69) is 10.3 Å². The molecule has 110 valence electrons. The van der Waals surface area contributed by atoms with Crippen molar-refractivity contribution in [1.29, 1.82) is 0 Å². The third-order valence-corrected chi connectivity index (χ3v) is 3.73. The summed E-state index contributed by atoms with van der Waals surface area (Å²) in [7, 11) is 0. The molecule has 1 fully saturated rings. The third-order valence-electron chi connectivity index (χ3n) is 3.73. The molecule has 0 saturated carbocycles. The molecule has 1 aromatic heterocycles. The number of aliphatic hydroxyl groups is 1. The summed E-state index contributed by atoms with van der Waals surface area (Å²) in [5.74, 6) is 0.198. The van der Waals surface area contributed by atoms with Crippen molar-refractivity contribution in [2.24, 2.45) is 0 Å². The van der Waals surface area contributed by atoms with Crippen LogP contribution >= 0.6 is 0 Å². The minimum Gasteiger partial charge on any atom is -0.508 e. The number of aromatic nitrogens is 2. The van der Waals surface area contributed by atoms with Crippen molar-refractivity contribution >= 4 is 16.8 Å². The van der Waals surface area contributed by atoms with Crippen LogP contribution in [-0.2, 0) is 4.79 Å². The average Bonchev–Trinajstić information content (AvgIpc) is 2.42. The minimum absolute atomic E-state index is 0.0192. The van der Waals surface area contributed by atoms with E-state index in [-0.39, 0.29) is 29.0 Å². The van der Waals surface area contributed by atoms with Gasteiger partial charge < -0.3 is 15.5 Å². The van der Waals surface area contributed by atoms with Gasteiger partial charge in [0.05, 0.1) is 16.9 Å². The zero-order chi connectivity index (χ0) is 15.1. The Kier molecular flexibility index (Phi) is 3.13. The van der Waals surface area contributed by atoms with Gasteiger partial charge in [0.1, 0.15) is 17.8 Å². The largest absolute Gasteiger partial charge is 0.508 e. The second-order valence-electron chi connectivity index (χ2n) is 5.15. The second kappa shape index (κ2) is 4.85. The van der Waals surface area contributed by atoms with E-state index in [9.17, 15) is 19.8 Å². The Labute approximate surface area is 119 Å². The number of carbonyl (C=O) groups excluding carboxylic acids is 1. The van der Waals surface area contributed by atoms with Gasteiger partial charge in [-0.05, 0) is 31.5 Å². The van der Waals surface area contributed by atoms with Gasteiger partial charge in [-0.25, -0.2) is 4.98 Å². The van der Waals surface area contributed by atoms with Gasteiger partial charge in [0.2, 0.25) is 5.91 Å². The summed E-state index contributed by atoms with van der Waals surface area (Å²) in [6.45, 7) is 1.68. The molecule has 3 N–H and O–H groups in total. The fraction of sp³-hybridized carbons (Fsp3) is 0.357. The summed E-state index contributed by atoms with van der Waals surface area (Å²) < 4.78 is 1.38. The first-order valence-corrected chi connectivity index (χ1v) is 6.66. The molecule has 1 saturated heterocycles. The number of amides is 1. The molecule has 2 heterocycles. The number of rotatable bonds is 1. The van der Waals surface area contributed by atoms with E-state index in [1.165, 1.54) is 16.7 Å². The van der Waals surface area contributed by atoms with Crippen LogP contribution in [0.2, 0.25) is 0 Å². The first-order chi connectivity index (χ1) is 9.97. The second-order valence-corrected chi connectivity index (χ2v) is 5.15. The van der Waals surface area contributed by atoms with Crippen molar-refractivity contribution in [3.05, 3.63) is 34.4 Å². The number of nitrogens with one attached hydrogen (secondary N) is 1. The van der Waals surface area contributed by atoms with Crippen LogP contribution in [0.15, 0.2) is 23.0 Å². The Morgan fingerprint density at radius 2 is 2.14 bits per heavy atom. The van der Waals surface area contributed by atoms with Crippen LogP contribution in [0, 0.1) is 6.92 Å². The molecule has 1 amide bonds. The Balaban J connectivity index is 2.18. The molecule has 0 bridgehead atoms. The maximum atomic E-state index is 12.6. The molecule has 7 heteroatoms. The number of hydrogen-bond donors (Lipinski definition) is 3. The fourth-order valence-corrected chi connectivity index (χ4v) is 2.73. The normalized spacial score (nSPS) is 22.3. The monoisotopic (exact) mass is 289 g/mol. The maximum absolute atomic E-state index is 12.6. The van der Waals surface area contributed by atoms with Gasteiger partial charge in [0, 0.05) is 6.42 Å². The molecule has 0 aliphatic carbocycles. The van der Waals surface area contributed by atoms with E-state index in [1.807, 2.05) is 0 Å². The smallest absolute Gasteiger partial charge is 0.261 e. The predicted octanol–water partition coefficient (Wildman–Crippen LogP) is 0.180. The van der Waals surface area contributed by atoms with E-state index >= 15 is 0 Å². The number of benzene rings is 1. The number of fused-ring (bicyclic) bond motifs is 1. The van der Waals surface area contributed by atoms with Crippen LogP contribution in [-0.4, -0.2) is 31.9 Å². The molecular weight excluding hydrogens is 274 g/mol. The first-order valence-electron chi connectivity index (χ1n) is 6.66. The highest BCUT2D eigenvalue weighted by Gasteiger charge is 2.30. The zero-order valence-electron chi connectivity index (χ0n) is 11.4. The molecule has 2 atom stereocenters. The molecule has 0 radical (unpaired) electrons. The van der Waals surface area contributed by atoms with Gasteiger partial charge in [0.15, 0.2) is 0 Å². The van der Waals surface area contributed by atoms with Crippen LogP contribution in [0.1, 0.15) is 24.7 Å². The lowest BCUT2D eigenvalue weighted by Gasteiger charge is -2.30. The highest BCUT2D eigenvalue weighted by atomic mass is 16.3. The van der Waals surface area contributed by atoms with Gasteiger partial charge in [0.25, 0.3) is 5.56 Å². The molecule has 21 heavy (non-hydrogen) atoms. The third kappa shape index (κ3) is 2.25. The standard InChI is InChI=1S/C14H15N3O4/c1-7-15-10-3-2-8(18)6-9(10)14(21)17(7)11-4-5-12(19)16-13(11)20/h2-3,6,11,13,18,20H,4-5H2,1H3,(H,16,19). The lowest BCUT2D eigenvalue weighted by Crippen LogP contribution is -2.48. The Morgan fingerprint density at radius 3 is 2.86 bits per heavy atom. The molecule has 2 aromatic rings. The fourth-order valence-electron chi connectivity index (χ4n) is 2.73. The summed E-state index contributed by atoms with van der Waals surface area (Å²) in [6, 6.07) is 3.83. The Bertz CT molecular complexity index is 784. The van der Waals surface area contributed by atoms with Gasteiger partial charge in [-0.15, -0.1) is 0 Å². The number of hydrogen-bond acceptors (Lipinski definition) is 5. The maximum Gasteiger partial charge on any atom is 0.261 e. The number of carbonyl (C=O) groups is 1. The van der Waals surface area contributed by atoms with Crippen molar-refractivity contribution in [2.75, 3.05) is 0 Å². The lowest BCUT2D eigenvalue weighted by atomic mass is 10.0. The van der Waals surface area contributed by atoms with Gasteiger partial charge in [-0.1, -0.05) is 0 Å². The van der Waals surface area contributed by atoms with Gasteiger partial charge in [-0.3, -0.25) is 14.2 Å². The quantitative estimate of drug-likeness (QED) is 0.694. The van der Waals surface area contributed by atoms with Crippen LogP contribution < -0.4 is 10.9 Å². The highest BCUT2D eigenvalue weighted by molar-refractivity contribution is 5.79. The summed E-state index contributed by atoms with van der Waals surface area (Å²) in [6.07, 6.45) is -0.523. The first kappa shape index (κ1) is 13.6. The number of aliphatic hydroxyl groups excluding tert-OH is 1. The van der Waals surface area contributed by atoms with Crippen molar-refractivity contribution in [1.82, 2.24) is 14.9 Å². The molecule has 2 unspecified atom stereocenters. The molecular formula is C14H15N3O4. The molecule has 1 aliphatic rings. The van der Waals surface area contributed by atoms with Crippen molar-refractivity contribution in [3.8, 4) is 5.75 Å². The van der Waals surface area contributed by atoms with Crippen molar-refractivity contribution in [2.45, 2.75) is 32.0 Å². The topological polar surface area (TPSA) is 104 Å². The van der Waals surface area contributed by atoms with Crippen LogP contribution in [0.3, 0.4) is 0 Å². The molecule has 1 aliphatic heterocycles. The number of phenolic OH excluding ortho intramolecular Hbond substituents is 1. The van der Waals surface area contributed by atoms with Crippen LogP contribution in [0.5, 0.6) is 5.75 Å². The van der Waals surface area contributed by atoms with Gasteiger partial charge >= 0.3 is 0 Å².